The zero-order valence-corrected chi connectivity index (χ0v) is 17.7. The van der Waals surface area contributed by atoms with Gasteiger partial charge < -0.3 is 40.6 Å². The number of rotatable bonds is 11. The van der Waals surface area contributed by atoms with Gasteiger partial charge in [-0.05, 0) is 33.3 Å². The molecule has 1 rings (SSSR count). The third-order valence-corrected chi connectivity index (χ3v) is 3.49. The molecule has 0 saturated carbocycles. The molecule has 1 aromatic carbocycles. The van der Waals surface area contributed by atoms with Crippen LogP contribution >= 0.6 is 0 Å². The van der Waals surface area contributed by atoms with E-state index >= 15 is 0 Å². The first-order chi connectivity index (χ1) is 14.8. The van der Waals surface area contributed by atoms with E-state index in [0.29, 0.717) is 0 Å². The molecule has 0 atom stereocenters. The Labute approximate surface area is 179 Å². The van der Waals surface area contributed by atoms with Crippen molar-refractivity contribution in [2.45, 2.75) is 0 Å². The molecular weight excluding hydrogens is 412 g/mol. The minimum absolute atomic E-state index is 0.134. The average Bonchev–Trinajstić information content (AvgIpc) is 2.71. The molecule has 31 heavy (non-hydrogen) atoms. The van der Waals surface area contributed by atoms with Crippen LogP contribution in [0.5, 0.6) is 17.2 Å². The molecule has 0 aliphatic heterocycles. The molecule has 0 unspecified atom stereocenters. The van der Waals surface area contributed by atoms with Crippen LogP contribution in [-0.2, 0) is 23.9 Å². The molecule has 170 valence electrons. The molecule has 0 bridgehead atoms. The fourth-order valence-corrected chi connectivity index (χ4v) is 2.18. The molecule has 0 radical (unpaired) electrons. The molecule has 0 fully saturated rings. The third kappa shape index (κ3) is 8.04. The summed E-state index contributed by atoms with van der Waals surface area (Å²) in [6, 6.07) is 1.26. The lowest BCUT2D eigenvalue weighted by molar-refractivity contribution is -0.137. The van der Waals surface area contributed by atoms with Crippen LogP contribution in [0, 0.1) is 0 Å². The number of hydrogen-bond donors (Lipinski definition) is 4. The Balaban J connectivity index is 3.63. The van der Waals surface area contributed by atoms with E-state index in [2.05, 4.69) is 20.7 Å². The van der Waals surface area contributed by atoms with E-state index in [4.69, 9.17) is 19.9 Å². The molecule has 0 spiro atoms. The summed E-state index contributed by atoms with van der Waals surface area (Å²) in [5, 5.41) is 7.84. The topological polar surface area (TPSA) is 167 Å². The first-order valence-electron chi connectivity index (χ1n) is 9.05. The Morgan fingerprint density at radius 2 is 1.35 bits per heavy atom. The normalized spacial score (nSPS) is 10.6. The number of anilines is 1. The lowest BCUT2D eigenvalue weighted by Crippen LogP contribution is -2.27. The summed E-state index contributed by atoms with van der Waals surface area (Å²) >= 11 is 0. The van der Waals surface area contributed by atoms with Gasteiger partial charge in [-0.15, -0.1) is 0 Å². The second kappa shape index (κ2) is 13.0. The summed E-state index contributed by atoms with van der Waals surface area (Å²) in [4.78, 5) is 47.7. The van der Waals surface area contributed by atoms with E-state index in [1.165, 1.54) is 40.4 Å². The van der Waals surface area contributed by atoms with Crippen molar-refractivity contribution in [2.75, 3.05) is 53.6 Å². The van der Waals surface area contributed by atoms with Crippen molar-refractivity contribution in [3.05, 3.63) is 17.7 Å². The molecule has 12 heteroatoms. The van der Waals surface area contributed by atoms with Crippen LogP contribution in [0.4, 0.5) is 5.69 Å². The van der Waals surface area contributed by atoms with Crippen LogP contribution in [0.1, 0.15) is 5.56 Å². The predicted molar refractivity (Wildman–Crippen MR) is 111 cm³/mol. The van der Waals surface area contributed by atoms with Crippen molar-refractivity contribution in [3.8, 4) is 17.2 Å². The smallest absolute Gasteiger partial charge is 0.330 e. The number of benzene rings is 1. The number of hydrogen-bond acceptors (Lipinski definition) is 12. The van der Waals surface area contributed by atoms with Gasteiger partial charge in [-0.3, -0.25) is 14.4 Å². The molecule has 0 saturated heterocycles. The molecular formula is C19H26N4O8. The number of nitrogen functional groups attached to an aromatic ring is 1. The Hall–Kier alpha value is -3.48. The van der Waals surface area contributed by atoms with E-state index in [1.807, 2.05) is 0 Å². The van der Waals surface area contributed by atoms with E-state index in [1.54, 1.807) is 0 Å². The Bertz CT molecular complexity index is 854. The van der Waals surface area contributed by atoms with Crippen molar-refractivity contribution in [1.82, 2.24) is 16.0 Å². The molecule has 0 aromatic heterocycles. The van der Waals surface area contributed by atoms with Crippen molar-refractivity contribution in [3.63, 3.8) is 0 Å². The zero-order valence-electron chi connectivity index (χ0n) is 17.7. The SMILES string of the molecule is CNCC(=O)Oc1cc(/C=C/C(=O)OC)c(N)c(OC(=O)CNC)c1OC(=O)CNC. The van der Waals surface area contributed by atoms with E-state index < -0.39 is 23.9 Å². The second-order valence-corrected chi connectivity index (χ2v) is 5.91. The molecule has 0 heterocycles. The second-order valence-electron chi connectivity index (χ2n) is 5.91. The maximum absolute atomic E-state index is 12.1. The summed E-state index contributed by atoms with van der Waals surface area (Å²) in [5.41, 5.74) is 6.12. The maximum Gasteiger partial charge on any atom is 0.330 e. The molecule has 0 aliphatic carbocycles. The lowest BCUT2D eigenvalue weighted by Gasteiger charge is -2.18. The van der Waals surface area contributed by atoms with Gasteiger partial charge in [0.2, 0.25) is 11.5 Å². The van der Waals surface area contributed by atoms with Gasteiger partial charge in [0.1, 0.15) is 0 Å². The van der Waals surface area contributed by atoms with Gasteiger partial charge in [0.15, 0.2) is 5.75 Å². The van der Waals surface area contributed by atoms with Crippen molar-refractivity contribution in [2.24, 2.45) is 0 Å². The van der Waals surface area contributed by atoms with Gasteiger partial charge in [0.25, 0.3) is 0 Å². The minimum Gasteiger partial charge on any atom is -0.466 e. The van der Waals surface area contributed by atoms with Gasteiger partial charge in [-0.2, -0.15) is 0 Å². The number of ether oxygens (including phenoxy) is 4. The van der Waals surface area contributed by atoms with Crippen molar-refractivity contribution < 1.29 is 38.1 Å². The maximum atomic E-state index is 12.1. The fourth-order valence-electron chi connectivity index (χ4n) is 2.18. The van der Waals surface area contributed by atoms with Crippen LogP contribution in [0.25, 0.3) is 6.08 Å². The minimum atomic E-state index is -0.753. The highest BCUT2D eigenvalue weighted by Gasteiger charge is 2.25. The van der Waals surface area contributed by atoms with E-state index in [9.17, 15) is 19.2 Å². The number of nitrogens with one attached hydrogen (secondary N) is 3. The van der Waals surface area contributed by atoms with Gasteiger partial charge in [-0.25, -0.2) is 4.79 Å². The number of methoxy groups -OCH3 is 1. The van der Waals surface area contributed by atoms with Crippen molar-refractivity contribution in [1.29, 1.82) is 0 Å². The molecule has 0 aliphatic rings. The molecule has 0 amide bonds. The first-order valence-corrected chi connectivity index (χ1v) is 9.05. The number of likely N-dealkylation sites (N-methyl/N-ethyl adjacent to an activating group) is 3. The summed E-state index contributed by atoms with van der Waals surface area (Å²) < 4.78 is 20.3. The average molecular weight is 438 g/mol. The lowest BCUT2D eigenvalue weighted by atomic mass is 10.1. The quantitative estimate of drug-likeness (QED) is 0.142. The molecule has 5 N–H and O–H groups in total. The number of nitrogens with two attached hydrogens (primary N) is 1. The summed E-state index contributed by atoms with van der Waals surface area (Å²) in [7, 11) is 5.78. The number of carbonyl (C=O) groups excluding carboxylic acids is 4. The Morgan fingerprint density at radius 1 is 0.871 bits per heavy atom. The summed E-state index contributed by atoms with van der Waals surface area (Å²) in [5.74, 6) is -3.83. The van der Waals surface area contributed by atoms with E-state index in [0.717, 1.165) is 6.08 Å². The van der Waals surface area contributed by atoms with Gasteiger partial charge in [0.05, 0.1) is 32.4 Å². The summed E-state index contributed by atoms with van der Waals surface area (Å²) in [6.45, 7) is -0.519. The fraction of sp³-hybridized carbons (Fsp3) is 0.368. The van der Waals surface area contributed by atoms with E-state index in [-0.39, 0.29) is 48.1 Å². The van der Waals surface area contributed by atoms with Crippen LogP contribution in [-0.4, -0.2) is 71.8 Å². The Kier molecular flexibility index (Phi) is 10.7. The highest BCUT2D eigenvalue weighted by atomic mass is 16.6. The number of esters is 4. The molecule has 1 aromatic rings. The van der Waals surface area contributed by atoms with Gasteiger partial charge >= 0.3 is 23.9 Å². The van der Waals surface area contributed by atoms with Crippen LogP contribution in [0.15, 0.2) is 12.1 Å². The number of carbonyl (C=O) groups is 4. The van der Waals surface area contributed by atoms with Gasteiger partial charge in [-0.1, -0.05) is 0 Å². The van der Waals surface area contributed by atoms with Crippen molar-refractivity contribution >= 4 is 35.6 Å². The van der Waals surface area contributed by atoms with Crippen LogP contribution in [0.2, 0.25) is 0 Å². The zero-order chi connectivity index (χ0) is 23.4. The third-order valence-electron chi connectivity index (χ3n) is 3.49. The highest BCUT2D eigenvalue weighted by molar-refractivity contribution is 5.91. The van der Waals surface area contributed by atoms with Gasteiger partial charge in [0, 0.05) is 11.6 Å². The Morgan fingerprint density at radius 3 is 1.84 bits per heavy atom. The predicted octanol–water partition coefficient (Wildman–Crippen LogP) is -1.17. The first kappa shape index (κ1) is 25.6. The highest BCUT2D eigenvalue weighted by Crippen LogP contribution is 2.45. The summed E-state index contributed by atoms with van der Waals surface area (Å²) in [6.07, 6.45) is 2.34. The van der Waals surface area contributed by atoms with Crippen LogP contribution in [0.3, 0.4) is 0 Å². The standard InChI is InChI=1S/C19H26N4O8/c1-21-8-14(25)29-12-7-11(5-6-13(24)28-4)17(20)19(31-16(27)10-23-3)18(12)30-15(26)9-22-2/h5-7,21-23H,8-10,20H2,1-4H3/b6-5+. The molecule has 12 nitrogen and oxygen atoms in total. The van der Waals surface area contributed by atoms with Crippen LogP contribution < -0.4 is 35.9 Å². The monoisotopic (exact) mass is 438 g/mol. The largest absolute Gasteiger partial charge is 0.466 e.